The summed E-state index contributed by atoms with van der Waals surface area (Å²) < 4.78 is 0. The summed E-state index contributed by atoms with van der Waals surface area (Å²) in [6.45, 7) is 3.66. The largest absolute Gasteiger partial charge is 0.480 e. The van der Waals surface area contributed by atoms with Gasteiger partial charge in [-0.15, -0.1) is 0 Å². The Kier molecular flexibility index (Phi) is 15.6. The molecule has 14 N–H and O–H groups in total. The number of rotatable bonds is 17. The standard InChI is InChI=1S/C20H40N10O5S/c1-10(2)14(18(34)35)30-17(33)13(6-4-8-27-20(24)25)29-16(32)12(5-3-7-26-19(22)23)28-15(31)11(21)9-36/h10-14,36H,3-9,21H2,1-2H3,(H,28,31)(H,29,32)(H,30,33)(H,34,35)(H4,22,23,26)(H4,24,25,27). The van der Waals surface area contributed by atoms with Gasteiger partial charge in [0.1, 0.15) is 18.1 Å². The zero-order chi connectivity index (χ0) is 27.8. The van der Waals surface area contributed by atoms with Gasteiger partial charge in [0.25, 0.3) is 0 Å². The molecular weight excluding hydrogens is 492 g/mol. The highest BCUT2D eigenvalue weighted by Crippen LogP contribution is 2.07. The molecule has 0 aliphatic heterocycles. The van der Waals surface area contributed by atoms with Crippen molar-refractivity contribution in [3.8, 4) is 0 Å². The normalized spacial score (nSPS) is 14.0. The summed E-state index contributed by atoms with van der Waals surface area (Å²) in [5.41, 5.74) is 26.9. The monoisotopic (exact) mass is 532 g/mol. The quantitative estimate of drug-likeness (QED) is 0.0382. The lowest BCUT2D eigenvalue weighted by atomic mass is 10.0. The number of carboxylic acid groups (broad SMARTS) is 1. The lowest BCUT2D eigenvalue weighted by Crippen LogP contribution is -2.57. The highest BCUT2D eigenvalue weighted by atomic mass is 32.1. The van der Waals surface area contributed by atoms with Gasteiger partial charge in [0.05, 0.1) is 6.04 Å². The number of guanidine groups is 2. The number of hydrogen-bond acceptors (Lipinski definition) is 8. The number of hydrogen-bond donors (Lipinski definition) is 10. The first-order valence-corrected chi connectivity index (χ1v) is 12.0. The summed E-state index contributed by atoms with van der Waals surface area (Å²) >= 11 is 3.99. The number of nitrogens with zero attached hydrogens (tertiary/aromatic N) is 2. The van der Waals surface area contributed by atoms with Gasteiger partial charge in [-0.1, -0.05) is 13.8 Å². The lowest BCUT2D eigenvalue weighted by molar-refractivity contribution is -0.143. The molecule has 0 heterocycles. The third-order valence-corrected chi connectivity index (χ3v) is 5.31. The van der Waals surface area contributed by atoms with Gasteiger partial charge in [0.2, 0.25) is 17.7 Å². The molecule has 0 bridgehead atoms. The number of nitrogens with two attached hydrogens (primary N) is 5. The van der Waals surface area contributed by atoms with Crippen molar-refractivity contribution in [2.45, 2.75) is 63.7 Å². The fraction of sp³-hybridized carbons (Fsp3) is 0.700. The van der Waals surface area contributed by atoms with Gasteiger partial charge in [-0.05, 0) is 31.6 Å². The predicted molar refractivity (Wildman–Crippen MR) is 140 cm³/mol. The van der Waals surface area contributed by atoms with Gasteiger partial charge in [-0.2, -0.15) is 12.6 Å². The maximum absolute atomic E-state index is 13.1. The van der Waals surface area contributed by atoms with Crippen molar-refractivity contribution >= 4 is 48.2 Å². The molecule has 36 heavy (non-hydrogen) atoms. The van der Waals surface area contributed by atoms with Gasteiger partial charge in [-0.3, -0.25) is 24.4 Å². The number of aliphatic carboxylic acids is 1. The average molecular weight is 533 g/mol. The maximum atomic E-state index is 13.1. The first kappa shape index (κ1) is 32.7. The van der Waals surface area contributed by atoms with Crippen LogP contribution >= 0.6 is 12.6 Å². The van der Waals surface area contributed by atoms with Crippen molar-refractivity contribution in [3.63, 3.8) is 0 Å². The molecule has 0 aromatic carbocycles. The summed E-state index contributed by atoms with van der Waals surface area (Å²) in [6.07, 6.45) is 0.882. The minimum atomic E-state index is -1.21. The minimum absolute atomic E-state index is 0.0514. The van der Waals surface area contributed by atoms with E-state index in [1.165, 1.54) is 0 Å². The van der Waals surface area contributed by atoms with Crippen LogP contribution in [0.25, 0.3) is 0 Å². The number of thiol groups is 1. The van der Waals surface area contributed by atoms with Crippen molar-refractivity contribution in [2.24, 2.45) is 44.6 Å². The van der Waals surface area contributed by atoms with E-state index < -0.39 is 53.8 Å². The third kappa shape index (κ3) is 13.6. The smallest absolute Gasteiger partial charge is 0.326 e. The first-order valence-electron chi connectivity index (χ1n) is 11.4. The van der Waals surface area contributed by atoms with E-state index in [0.29, 0.717) is 12.8 Å². The molecule has 0 rings (SSSR count). The molecule has 0 radical (unpaired) electrons. The third-order valence-electron chi connectivity index (χ3n) is 4.92. The predicted octanol–water partition coefficient (Wildman–Crippen LogP) is -3.45. The molecule has 0 aliphatic carbocycles. The molecule has 4 atom stereocenters. The van der Waals surface area contributed by atoms with Crippen molar-refractivity contribution < 1.29 is 24.3 Å². The lowest BCUT2D eigenvalue weighted by Gasteiger charge is -2.26. The molecule has 15 nitrogen and oxygen atoms in total. The second-order valence-corrected chi connectivity index (χ2v) is 8.74. The number of carboxylic acids is 1. The van der Waals surface area contributed by atoms with E-state index in [9.17, 15) is 24.3 Å². The van der Waals surface area contributed by atoms with Crippen LogP contribution in [0.5, 0.6) is 0 Å². The van der Waals surface area contributed by atoms with E-state index in [-0.39, 0.29) is 43.6 Å². The SMILES string of the molecule is CC(C)C(NC(=O)C(CCCN=C(N)N)NC(=O)C(CCCN=C(N)N)NC(=O)C(N)CS)C(=O)O. The van der Waals surface area contributed by atoms with Crippen LogP contribution in [0, 0.1) is 5.92 Å². The van der Waals surface area contributed by atoms with Gasteiger partial charge >= 0.3 is 5.97 Å². The molecule has 0 aromatic heterocycles. The van der Waals surface area contributed by atoms with E-state index in [0.717, 1.165) is 0 Å². The van der Waals surface area contributed by atoms with Crippen LogP contribution in [0.3, 0.4) is 0 Å². The molecule has 4 unspecified atom stereocenters. The van der Waals surface area contributed by atoms with Crippen molar-refractivity contribution in [3.05, 3.63) is 0 Å². The average Bonchev–Trinajstić information content (AvgIpc) is 2.79. The zero-order valence-corrected chi connectivity index (χ0v) is 21.5. The molecule has 0 aromatic rings. The molecule has 16 heteroatoms. The molecule has 0 fully saturated rings. The highest BCUT2D eigenvalue weighted by Gasteiger charge is 2.31. The zero-order valence-electron chi connectivity index (χ0n) is 20.6. The number of amides is 3. The van der Waals surface area contributed by atoms with E-state index in [4.69, 9.17) is 28.7 Å². The van der Waals surface area contributed by atoms with E-state index in [2.05, 4.69) is 38.6 Å². The van der Waals surface area contributed by atoms with Crippen molar-refractivity contribution in [1.29, 1.82) is 0 Å². The Labute approximate surface area is 215 Å². The minimum Gasteiger partial charge on any atom is -0.480 e. The Hall–Kier alpha value is -3.27. The topological polar surface area (TPSA) is 279 Å². The van der Waals surface area contributed by atoms with Gasteiger partial charge in [0, 0.05) is 18.8 Å². The van der Waals surface area contributed by atoms with E-state index in [1.54, 1.807) is 13.8 Å². The highest BCUT2D eigenvalue weighted by molar-refractivity contribution is 7.80. The second kappa shape index (κ2) is 17.2. The number of carbonyl (C=O) groups excluding carboxylic acids is 3. The molecule has 0 saturated heterocycles. The van der Waals surface area contributed by atoms with Gasteiger partial charge in [-0.25, -0.2) is 4.79 Å². The Morgan fingerprint density at radius 3 is 1.58 bits per heavy atom. The van der Waals surface area contributed by atoms with Gasteiger partial charge in [0.15, 0.2) is 11.9 Å². The summed E-state index contributed by atoms with van der Waals surface area (Å²) in [7, 11) is 0. The van der Waals surface area contributed by atoms with Crippen LogP contribution in [-0.4, -0.2) is 83.7 Å². The van der Waals surface area contributed by atoms with Crippen molar-refractivity contribution in [2.75, 3.05) is 18.8 Å². The summed E-state index contributed by atoms with van der Waals surface area (Å²) in [6, 6.07) is -4.31. The molecule has 0 spiro atoms. The maximum Gasteiger partial charge on any atom is 0.326 e. The van der Waals surface area contributed by atoms with Crippen molar-refractivity contribution in [1.82, 2.24) is 16.0 Å². The summed E-state index contributed by atoms with van der Waals surface area (Å²) in [4.78, 5) is 57.5. The Morgan fingerprint density at radius 1 is 0.806 bits per heavy atom. The molecule has 3 amide bonds. The number of carbonyl (C=O) groups is 4. The van der Waals surface area contributed by atoms with Crippen LogP contribution in [0.1, 0.15) is 39.5 Å². The Morgan fingerprint density at radius 2 is 1.22 bits per heavy atom. The second-order valence-electron chi connectivity index (χ2n) is 8.38. The fourth-order valence-electron chi connectivity index (χ4n) is 2.95. The molecule has 0 saturated carbocycles. The van der Waals surface area contributed by atoms with E-state index in [1.807, 2.05) is 0 Å². The molecular formula is C20H40N10O5S. The number of aliphatic imine (C=N–C) groups is 2. The van der Waals surface area contributed by atoms with Crippen LogP contribution in [0.2, 0.25) is 0 Å². The van der Waals surface area contributed by atoms with Crippen LogP contribution in [0.15, 0.2) is 9.98 Å². The number of nitrogens with one attached hydrogen (secondary N) is 3. The van der Waals surface area contributed by atoms with Crippen LogP contribution in [0.4, 0.5) is 0 Å². The van der Waals surface area contributed by atoms with Crippen LogP contribution < -0.4 is 44.6 Å². The summed E-state index contributed by atoms with van der Waals surface area (Å²) in [5, 5.41) is 17.0. The first-order chi connectivity index (χ1) is 16.8. The molecule has 206 valence electrons. The Bertz CT molecular complexity index is 800. The summed E-state index contributed by atoms with van der Waals surface area (Å²) in [5.74, 6) is -3.79. The van der Waals surface area contributed by atoms with Crippen LogP contribution in [-0.2, 0) is 19.2 Å². The fourth-order valence-corrected chi connectivity index (χ4v) is 3.11. The Balaban J connectivity index is 5.65. The van der Waals surface area contributed by atoms with Gasteiger partial charge < -0.3 is 49.7 Å². The molecule has 0 aliphatic rings. The van der Waals surface area contributed by atoms with E-state index >= 15 is 0 Å².